The Morgan fingerprint density at radius 2 is 2.13 bits per heavy atom. The first kappa shape index (κ1) is 16.8. The number of piperidine rings is 1. The van der Waals surface area contributed by atoms with E-state index in [9.17, 15) is 15.3 Å². The van der Waals surface area contributed by atoms with E-state index >= 15 is 0 Å². The maximum absolute atomic E-state index is 11.9. The summed E-state index contributed by atoms with van der Waals surface area (Å²) in [6.45, 7) is 2.36. The summed E-state index contributed by atoms with van der Waals surface area (Å²) in [6, 6.07) is 1.70. The number of rotatable bonds is 8. The Labute approximate surface area is 133 Å². The molecule has 0 atom stereocenters. The van der Waals surface area contributed by atoms with E-state index in [0.717, 1.165) is 25.9 Å². The summed E-state index contributed by atoms with van der Waals surface area (Å²) in [5, 5.41) is 24.2. The molecule has 10 heteroatoms. The molecule has 0 amide bonds. The zero-order chi connectivity index (χ0) is 16.7. The smallest absolute Gasteiger partial charge is 0.346 e. The Balaban J connectivity index is 1.89. The molecular weight excluding hydrogens is 304 g/mol. The number of nitrogen functional groups attached to an aromatic ring is 1. The van der Waals surface area contributed by atoms with Gasteiger partial charge in [0, 0.05) is 19.6 Å². The first-order valence-electron chi connectivity index (χ1n) is 7.74. The van der Waals surface area contributed by atoms with Crippen LogP contribution in [0.2, 0.25) is 0 Å². The highest BCUT2D eigenvalue weighted by molar-refractivity contribution is 5.49. The van der Waals surface area contributed by atoms with Crippen molar-refractivity contribution in [1.82, 2.24) is 4.98 Å². The van der Waals surface area contributed by atoms with Crippen LogP contribution in [0.1, 0.15) is 32.1 Å². The van der Waals surface area contributed by atoms with Crippen molar-refractivity contribution < 1.29 is 14.7 Å². The van der Waals surface area contributed by atoms with E-state index in [1.54, 1.807) is 6.07 Å². The second-order valence-electron chi connectivity index (χ2n) is 5.39. The summed E-state index contributed by atoms with van der Waals surface area (Å²) >= 11 is 0. The Hall–Kier alpha value is -2.52. The van der Waals surface area contributed by atoms with Gasteiger partial charge in [0.2, 0.25) is 0 Å². The van der Waals surface area contributed by atoms with E-state index in [1.807, 2.05) is 0 Å². The lowest BCUT2D eigenvalue weighted by Crippen LogP contribution is -2.38. The molecule has 1 aliphatic rings. The zero-order valence-corrected chi connectivity index (χ0v) is 12.9. The molecule has 23 heavy (non-hydrogen) atoms. The second-order valence-corrected chi connectivity index (χ2v) is 5.39. The Kier molecular flexibility index (Phi) is 6.01. The highest BCUT2D eigenvalue weighted by Crippen LogP contribution is 2.20. The maximum atomic E-state index is 11.9. The van der Waals surface area contributed by atoms with Gasteiger partial charge in [-0.05, 0) is 32.1 Å². The molecule has 0 unspecified atom stereocenters. The molecule has 0 radical (unpaired) electrons. The molecule has 1 saturated heterocycles. The molecule has 0 aliphatic carbocycles. The predicted octanol–water partition coefficient (Wildman–Crippen LogP) is 0.688. The third-order valence-electron chi connectivity index (χ3n) is 3.68. The first-order chi connectivity index (χ1) is 11.1. The number of hydrogen-bond acceptors (Lipinski definition) is 8. The molecule has 1 aliphatic heterocycles. The van der Waals surface area contributed by atoms with Gasteiger partial charge in [-0.25, -0.2) is 4.73 Å². The lowest BCUT2D eigenvalue weighted by atomic mass is 10.1. The fourth-order valence-corrected chi connectivity index (χ4v) is 2.49. The summed E-state index contributed by atoms with van der Waals surface area (Å²) < 4.78 is 0.557. The van der Waals surface area contributed by atoms with Crippen molar-refractivity contribution in [2.24, 2.45) is 0 Å². The lowest BCUT2D eigenvalue weighted by Gasteiger charge is -2.27. The van der Waals surface area contributed by atoms with Gasteiger partial charge in [-0.2, -0.15) is 0 Å². The van der Waals surface area contributed by atoms with Crippen LogP contribution in [0.25, 0.3) is 0 Å². The predicted molar refractivity (Wildman–Crippen MR) is 84.3 cm³/mol. The number of nitrogens with two attached hydrogens (primary N) is 1. The van der Waals surface area contributed by atoms with Gasteiger partial charge in [0.15, 0.2) is 11.6 Å². The molecule has 1 aromatic heterocycles. The topological polar surface area (TPSA) is 133 Å². The molecule has 1 aromatic rings. The molecule has 10 nitrogen and oxygen atoms in total. The van der Waals surface area contributed by atoms with Crippen molar-refractivity contribution in [1.29, 1.82) is 0 Å². The molecule has 2 rings (SSSR count). The summed E-state index contributed by atoms with van der Waals surface area (Å²) in [5.41, 5.74) is 5.69. The van der Waals surface area contributed by atoms with Crippen LogP contribution in [0, 0.1) is 15.3 Å². The minimum atomic E-state index is -0.812. The van der Waals surface area contributed by atoms with Gasteiger partial charge >= 0.3 is 5.95 Å². The van der Waals surface area contributed by atoms with Crippen LogP contribution in [-0.4, -0.2) is 36.3 Å². The minimum Gasteiger partial charge on any atom is -0.754 e. The third-order valence-corrected chi connectivity index (χ3v) is 3.68. The van der Waals surface area contributed by atoms with Crippen LogP contribution in [0.3, 0.4) is 0 Å². The van der Waals surface area contributed by atoms with E-state index in [0.29, 0.717) is 35.8 Å². The van der Waals surface area contributed by atoms with Gasteiger partial charge in [-0.3, -0.25) is 0 Å². The van der Waals surface area contributed by atoms with E-state index in [1.165, 1.54) is 6.42 Å². The number of nitrogens with zero attached hydrogens (tertiary/aromatic N) is 4. The van der Waals surface area contributed by atoms with Crippen molar-refractivity contribution in [3.8, 4) is 0 Å². The standard InChI is InChI=1S/C13H22N6O4/c14-13-16-12(17-7-3-1-4-8-17)10-11(18(13)20)15-6-2-5-9-23-19(21)22/h10,15H,1-9H2,(H2,14,16). The van der Waals surface area contributed by atoms with Crippen LogP contribution in [0.5, 0.6) is 0 Å². The third kappa shape index (κ3) is 5.01. The van der Waals surface area contributed by atoms with Crippen molar-refractivity contribution in [2.75, 3.05) is 42.2 Å². The summed E-state index contributed by atoms with van der Waals surface area (Å²) in [5.74, 6) is 0.953. The van der Waals surface area contributed by atoms with Gasteiger partial charge in [-0.1, -0.05) is 4.98 Å². The summed E-state index contributed by atoms with van der Waals surface area (Å²) in [7, 11) is 0. The summed E-state index contributed by atoms with van der Waals surface area (Å²) in [6.07, 6.45) is 4.57. The minimum absolute atomic E-state index is 0.0452. The van der Waals surface area contributed by atoms with Gasteiger partial charge in [0.25, 0.3) is 5.09 Å². The molecule has 128 valence electrons. The summed E-state index contributed by atoms with van der Waals surface area (Å²) in [4.78, 5) is 20.5. The molecule has 0 saturated carbocycles. The van der Waals surface area contributed by atoms with Crippen LogP contribution < -0.4 is 20.7 Å². The number of anilines is 3. The zero-order valence-electron chi connectivity index (χ0n) is 12.9. The van der Waals surface area contributed by atoms with E-state index in [4.69, 9.17) is 5.73 Å². The molecule has 1 fully saturated rings. The number of nitrogens with one attached hydrogen (secondary N) is 1. The average molecular weight is 326 g/mol. The van der Waals surface area contributed by atoms with Crippen molar-refractivity contribution in [3.05, 3.63) is 21.4 Å². The fraction of sp³-hybridized carbons (Fsp3) is 0.692. The second kappa shape index (κ2) is 8.20. The quantitative estimate of drug-likeness (QED) is 0.234. The monoisotopic (exact) mass is 326 g/mol. The van der Waals surface area contributed by atoms with Crippen LogP contribution in [0.4, 0.5) is 17.6 Å². The maximum Gasteiger partial charge on any atom is 0.346 e. The SMILES string of the molecule is Nc1nc(N2CCCCC2)cc(NCCCCO[N+](=O)[O-])[n+]1[O-]. The van der Waals surface area contributed by atoms with E-state index < -0.39 is 5.09 Å². The Bertz CT molecular complexity index is 535. The van der Waals surface area contributed by atoms with Crippen molar-refractivity contribution >= 4 is 17.6 Å². The van der Waals surface area contributed by atoms with Crippen LogP contribution in [0.15, 0.2) is 6.07 Å². The molecule has 2 heterocycles. The van der Waals surface area contributed by atoms with E-state index in [2.05, 4.69) is 20.0 Å². The Morgan fingerprint density at radius 1 is 1.39 bits per heavy atom. The van der Waals surface area contributed by atoms with Gasteiger partial charge in [0.1, 0.15) is 0 Å². The van der Waals surface area contributed by atoms with Crippen LogP contribution in [-0.2, 0) is 4.84 Å². The average Bonchev–Trinajstić information content (AvgIpc) is 2.54. The molecule has 0 spiro atoms. The molecule has 3 N–H and O–H groups in total. The molecule has 0 aromatic carbocycles. The van der Waals surface area contributed by atoms with E-state index in [-0.39, 0.29) is 12.6 Å². The van der Waals surface area contributed by atoms with Gasteiger partial charge in [0.05, 0.1) is 12.7 Å². The first-order valence-corrected chi connectivity index (χ1v) is 7.74. The highest BCUT2D eigenvalue weighted by Gasteiger charge is 2.18. The largest absolute Gasteiger partial charge is 0.754 e. The lowest BCUT2D eigenvalue weighted by molar-refractivity contribution is -0.757. The normalized spacial score (nSPS) is 14.5. The molecule has 0 bridgehead atoms. The Morgan fingerprint density at radius 3 is 2.83 bits per heavy atom. The van der Waals surface area contributed by atoms with Crippen LogP contribution >= 0.6 is 0 Å². The van der Waals surface area contributed by atoms with Gasteiger partial charge < -0.3 is 26.0 Å². The van der Waals surface area contributed by atoms with Crippen molar-refractivity contribution in [2.45, 2.75) is 32.1 Å². The molecular formula is C13H22N6O4. The number of aromatic nitrogens is 2. The highest BCUT2D eigenvalue weighted by atomic mass is 16.9. The van der Waals surface area contributed by atoms with Crippen molar-refractivity contribution in [3.63, 3.8) is 0 Å². The fourth-order valence-electron chi connectivity index (χ4n) is 2.49. The van der Waals surface area contributed by atoms with Gasteiger partial charge in [-0.15, -0.1) is 10.1 Å². The number of hydrogen-bond donors (Lipinski definition) is 2. The number of unbranched alkanes of at least 4 members (excludes halogenated alkanes) is 1.